The number of fused-ring (bicyclic) bond motifs is 1. The van der Waals surface area contributed by atoms with E-state index in [0.717, 1.165) is 25.7 Å². The SMILES string of the molecule is C=C[C@@]1(O)CCC2=C[C@H](O)CC[C@]21C. The van der Waals surface area contributed by atoms with E-state index in [9.17, 15) is 10.2 Å². The van der Waals surface area contributed by atoms with Gasteiger partial charge in [-0.2, -0.15) is 0 Å². The Morgan fingerprint density at radius 3 is 2.93 bits per heavy atom. The fourth-order valence-corrected chi connectivity index (χ4v) is 2.88. The number of rotatable bonds is 1. The molecule has 2 rings (SSSR count). The first-order valence-electron chi connectivity index (χ1n) is 5.27. The topological polar surface area (TPSA) is 40.5 Å². The summed E-state index contributed by atoms with van der Waals surface area (Å²) in [6.45, 7) is 5.81. The molecule has 0 unspecified atom stereocenters. The zero-order valence-electron chi connectivity index (χ0n) is 8.66. The van der Waals surface area contributed by atoms with Gasteiger partial charge in [0.1, 0.15) is 0 Å². The summed E-state index contributed by atoms with van der Waals surface area (Å²) in [5.41, 5.74) is 0.256. The highest BCUT2D eigenvalue weighted by atomic mass is 16.3. The van der Waals surface area contributed by atoms with Crippen molar-refractivity contribution in [2.24, 2.45) is 5.41 Å². The third kappa shape index (κ3) is 1.11. The molecule has 0 saturated heterocycles. The van der Waals surface area contributed by atoms with E-state index >= 15 is 0 Å². The second-order valence-corrected chi connectivity index (χ2v) is 4.76. The molecular weight excluding hydrogens is 176 g/mol. The summed E-state index contributed by atoms with van der Waals surface area (Å²) in [7, 11) is 0. The largest absolute Gasteiger partial charge is 0.389 e. The van der Waals surface area contributed by atoms with Crippen molar-refractivity contribution in [1.29, 1.82) is 0 Å². The van der Waals surface area contributed by atoms with E-state index in [-0.39, 0.29) is 11.5 Å². The molecule has 2 aliphatic rings. The van der Waals surface area contributed by atoms with Gasteiger partial charge >= 0.3 is 0 Å². The first-order valence-corrected chi connectivity index (χ1v) is 5.27. The van der Waals surface area contributed by atoms with E-state index in [1.165, 1.54) is 5.57 Å². The summed E-state index contributed by atoms with van der Waals surface area (Å²) in [6.07, 6.45) is 6.50. The van der Waals surface area contributed by atoms with Crippen molar-refractivity contribution >= 4 is 0 Å². The van der Waals surface area contributed by atoms with Gasteiger partial charge in [0.25, 0.3) is 0 Å². The molecule has 2 aliphatic carbocycles. The Morgan fingerprint density at radius 1 is 1.57 bits per heavy atom. The average Bonchev–Trinajstić information content (AvgIpc) is 2.42. The van der Waals surface area contributed by atoms with E-state index in [1.54, 1.807) is 6.08 Å². The second-order valence-electron chi connectivity index (χ2n) is 4.76. The molecule has 0 radical (unpaired) electrons. The van der Waals surface area contributed by atoms with Crippen molar-refractivity contribution in [3.63, 3.8) is 0 Å². The van der Waals surface area contributed by atoms with Crippen LogP contribution in [0.5, 0.6) is 0 Å². The van der Waals surface area contributed by atoms with Crippen LogP contribution in [-0.4, -0.2) is 21.9 Å². The zero-order valence-corrected chi connectivity index (χ0v) is 8.66. The van der Waals surface area contributed by atoms with Gasteiger partial charge < -0.3 is 10.2 Å². The Balaban J connectivity index is 2.42. The molecule has 0 heterocycles. The van der Waals surface area contributed by atoms with Crippen LogP contribution in [0.1, 0.15) is 32.6 Å². The number of hydrogen-bond donors (Lipinski definition) is 2. The molecule has 14 heavy (non-hydrogen) atoms. The Kier molecular flexibility index (Phi) is 2.09. The van der Waals surface area contributed by atoms with Gasteiger partial charge in [0.15, 0.2) is 0 Å². The Labute approximate surface area is 85.0 Å². The van der Waals surface area contributed by atoms with Crippen LogP contribution in [0.25, 0.3) is 0 Å². The van der Waals surface area contributed by atoms with Gasteiger partial charge in [0.2, 0.25) is 0 Å². The van der Waals surface area contributed by atoms with Crippen molar-refractivity contribution in [1.82, 2.24) is 0 Å². The minimum absolute atomic E-state index is 0.187. The van der Waals surface area contributed by atoms with Gasteiger partial charge in [-0.1, -0.05) is 24.6 Å². The zero-order chi connectivity index (χ0) is 10.4. The van der Waals surface area contributed by atoms with Crippen LogP contribution >= 0.6 is 0 Å². The van der Waals surface area contributed by atoms with Gasteiger partial charge in [-0.25, -0.2) is 0 Å². The fraction of sp³-hybridized carbons (Fsp3) is 0.667. The summed E-state index contributed by atoms with van der Waals surface area (Å²) in [5, 5.41) is 19.9. The monoisotopic (exact) mass is 194 g/mol. The average molecular weight is 194 g/mol. The smallest absolute Gasteiger partial charge is 0.0918 e. The van der Waals surface area contributed by atoms with Crippen LogP contribution in [0.15, 0.2) is 24.3 Å². The maximum Gasteiger partial charge on any atom is 0.0918 e. The van der Waals surface area contributed by atoms with E-state index in [2.05, 4.69) is 13.5 Å². The Bertz CT molecular complexity index is 295. The summed E-state index contributed by atoms with van der Waals surface area (Å²) in [4.78, 5) is 0. The molecule has 2 nitrogen and oxygen atoms in total. The molecule has 2 heteroatoms. The van der Waals surface area contributed by atoms with Crippen molar-refractivity contribution in [2.75, 3.05) is 0 Å². The van der Waals surface area contributed by atoms with Crippen LogP contribution in [0.3, 0.4) is 0 Å². The van der Waals surface area contributed by atoms with Crippen LogP contribution in [-0.2, 0) is 0 Å². The summed E-state index contributed by atoms with van der Waals surface area (Å²) in [6, 6.07) is 0. The lowest BCUT2D eigenvalue weighted by Gasteiger charge is -2.41. The summed E-state index contributed by atoms with van der Waals surface area (Å²) in [5.74, 6) is 0. The van der Waals surface area contributed by atoms with E-state index in [4.69, 9.17) is 0 Å². The second kappa shape index (κ2) is 2.94. The standard InChI is InChI=1S/C12H18O2/c1-3-12(14)7-4-9-8-10(13)5-6-11(9,12)2/h3,8,10,13-14H,1,4-7H2,2H3/t10-,11-,12-/m1/s1. The fourth-order valence-electron chi connectivity index (χ4n) is 2.88. The van der Waals surface area contributed by atoms with Crippen molar-refractivity contribution in [3.05, 3.63) is 24.3 Å². The highest BCUT2D eigenvalue weighted by molar-refractivity contribution is 5.32. The van der Waals surface area contributed by atoms with Crippen molar-refractivity contribution < 1.29 is 10.2 Å². The predicted octanol–water partition coefficient (Wildman–Crippen LogP) is 1.78. The molecule has 0 spiro atoms. The third-order valence-corrected chi connectivity index (χ3v) is 4.11. The first kappa shape index (κ1) is 9.94. The van der Waals surface area contributed by atoms with E-state index in [0.29, 0.717) is 0 Å². The molecule has 78 valence electrons. The molecule has 0 amide bonds. The lowest BCUT2D eigenvalue weighted by Crippen LogP contribution is -2.42. The molecular formula is C12H18O2. The van der Waals surface area contributed by atoms with Gasteiger partial charge in [-0.05, 0) is 25.7 Å². The molecule has 0 aromatic carbocycles. The molecule has 0 aliphatic heterocycles. The van der Waals surface area contributed by atoms with Crippen LogP contribution in [0.2, 0.25) is 0 Å². The maximum atomic E-state index is 10.4. The van der Waals surface area contributed by atoms with Crippen LogP contribution in [0.4, 0.5) is 0 Å². The van der Waals surface area contributed by atoms with Crippen molar-refractivity contribution in [2.45, 2.75) is 44.3 Å². The molecule has 1 saturated carbocycles. The predicted molar refractivity (Wildman–Crippen MR) is 55.8 cm³/mol. The molecule has 0 aromatic rings. The number of hydrogen-bond acceptors (Lipinski definition) is 2. The molecule has 0 aromatic heterocycles. The lowest BCUT2D eigenvalue weighted by atomic mass is 9.67. The van der Waals surface area contributed by atoms with Crippen LogP contribution in [0, 0.1) is 5.41 Å². The van der Waals surface area contributed by atoms with Gasteiger partial charge in [-0.3, -0.25) is 0 Å². The van der Waals surface area contributed by atoms with E-state index in [1.807, 2.05) is 6.08 Å². The normalized spacial score (nSPS) is 47.1. The van der Waals surface area contributed by atoms with Gasteiger partial charge in [-0.15, -0.1) is 6.58 Å². The Hall–Kier alpha value is -0.600. The highest BCUT2D eigenvalue weighted by Gasteiger charge is 2.52. The Morgan fingerprint density at radius 2 is 2.29 bits per heavy atom. The third-order valence-electron chi connectivity index (χ3n) is 4.11. The first-order chi connectivity index (χ1) is 6.52. The lowest BCUT2D eigenvalue weighted by molar-refractivity contribution is -0.00820. The quantitative estimate of drug-likeness (QED) is 0.625. The minimum atomic E-state index is -0.765. The highest BCUT2D eigenvalue weighted by Crippen LogP contribution is 2.55. The molecule has 2 N–H and O–H groups in total. The number of aliphatic hydroxyl groups excluding tert-OH is 1. The van der Waals surface area contributed by atoms with E-state index < -0.39 is 5.60 Å². The maximum absolute atomic E-state index is 10.4. The molecule has 1 fully saturated rings. The minimum Gasteiger partial charge on any atom is -0.389 e. The van der Waals surface area contributed by atoms with Crippen LogP contribution < -0.4 is 0 Å². The van der Waals surface area contributed by atoms with Gasteiger partial charge in [0, 0.05) is 5.41 Å². The van der Waals surface area contributed by atoms with Gasteiger partial charge in [0.05, 0.1) is 11.7 Å². The molecule has 3 atom stereocenters. The molecule has 0 bridgehead atoms. The summed E-state index contributed by atoms with van der Waals surface area (Å²) >= 11 is 0. The van der Waals surface area contributed by atoms with Crippen molar-refractivity contribution in [3.8, 4) is 0 Å². The summed E-state index contributed by atoms with van der Waals surface area (Å²) < 4.78 is 0. The number of aliphatic hydroxyl groups is 2.